The largest absolute Gasteiger partial charge is 0.212 e. The Hall–Kier alpha value is -1.63. The maximum absolute atomic E-state index is 2.47. The van der Waals surface area contributed by atoms with Crippen molar-refractivity contribution in [1.29, 1.82) is 0 Å². The molecule has 1 aliphatic rings. The molecule has 2 unspecified atom stereocenters. The van der Waals surface area contributed by atoms with Gasteiger partial charge in [0.25, 0.3) is 0 Å². The molecule has 1 aliphatic carbocycles. The summed E-state index contributed by atoms with van der Waals surface area (Å²) in [6, 6.07) is 9.54. The molecular formula is C23H32N+. The van der Waals surface area contributed by atoms with Crippen molar-refractivity contribution in [3.05, 3.63) is 52.7 Å². The van der Waals surface area contributed by atoms with Crippen LogP contribution in [0.15, 0.2) is 30.5 Å². The molecule has 0 amide bonds. The van der Waals surface area contributed by atoms with Crippen LogP contribution in [0.1, 0.15) is 74.6 Å². The SMILES string of the molecule is Cc1cc2c(cc1-c1ccc(CC(C)C)c[n+]1C)C(C)CCC2C. The zero-order valence-electron chi connectivity index (χ0n) is 16.2. The lowest BCUT2D eigenvalue weighted by molar-refractivity contribution is -0.660. The molecule has 24 heavy (non-hydrogen) atoms. The fourth-order valence-electron chi connectivity index (χ4n) is 4.22. The number of rotatable bonds is 3. The van der Waals surface area contributed by atoms with E-state index in [1.165, 1.54) is 35.2 Å². The second-order valence-electron chi connectivity index (χ2n) is 8.31. The van der Waals surface area contributed by atoms with E-state index in [1.807, 2.05) is 0 Å². The summed E-state index contributed by atoms with van der Waals surface area (Å²) in [5.74, 6) is 2.08. The first kappa shape index (κ1) is 17.2. The summed E-state index contributed by atoms with van der Waals surface area (Å²) in [5.41, 5.74) is 8.70. The van der Waals surface area contributed by atoms with Crippen molar-refractivity contribution in [2.75, 3.05) is 0 Å². The minimum absolute atomic E-state index is 0.682. The third-order valence-electron chi connectivity index (χ3n) is 5.64. The molecule has 1 nitrogen and oxygen atoms in total. The Labute approximate surface area is 147 Å². The smallest absolute Gasteiger partial charge is 0.201 e. The fourth-order valence-corrected chi connectivity index (χ4v) is 4.22. The zero-order valence-corrected chi connectivity index (χ0v) is 16.2. The molecule has 2 atom stereocenters. The number of pyridine rings is 1. The molecule has 0 fully saturated rings. The van der Waals surface area contributed by atoms with E-state index in [4.69, 9.17) is 0 Å². The van der Waals surface area contributed by atoms with Crippen LogP contribution >= 0.6 is 0 Å². The maximum atomic E-state index is 2.47. The summed E-state index contributed by atoms with van der Waals surface area (Å²) in [5, 5.41) is 0. The van der Waals surface area contributed by atoms with Gasteiger partial charge in [0, 0.05) is 17.2 Å². The van der Waals surface area contributed by atoms with Crippen molar-refractivity contribution in [3.8, 4) is 11.3 Å². The highest BCUT2D eigenvalue weighted by atomic mass is 14.9. The molecule has 1 heterocycles. The summed E-state index contributed by atoms with van der Waals surface area (Å²) in [6.07, 6.45) is 6.09. The third-order valence-corrected chi connectivity index (χ3v) is 5.64. The van der Waals surface area contributed by atoms with Crippen molar-refractivity contribution in [2.24, 2.45) is 13.0 Å². The van der Waals surface area contributed by atoms with Crippen LogP contribution in [0.25, 0.3) is 11.3 Å². The van der Waals surface area contributed by atoms with Crippen molar-refractivity contribution >= 4 is 0 Å². The molecule has 3 rings (SSSR count). The second-order valence-corrected chi connectivity index (χ2v) is 8.31. The Balaban J connectivity index is 2.05. The van der Waals surface area contributed by atoms with Crippen LogP contribution in [0, 0.1) is 12.8 Å². The van der Waals surface area contributed by atoms with Crippen LogP contribution in [0.4, 0.5) is 0 Å². The molecule has 1 aromatic carbocycles. The highest BCUT2D eigenvalue weighted by molar-refractivity contribution is 5.64. The van der Waals surface area contributed by atoms with Gasteiger partial charge in [-0.25, -0.2) is 4.57 Å². The molecule has 0 N–H and O–H groups in total. The molecule has 1 heteroatoms. The molecule has 0 saturated heterocycles. The van der Waals surface area contributed by atoms with Gasteiger partial charge >= 0.3 is 0 Å². The lowest BCUT2D eigenvalue weighted by atomic mass is 9.76. The van der Waals surface area contributed by atoms with Crippen LogP contribution in [0.2, 0.25) is 0 Å². The molecule has 0 bridgehead atoms. The van der Waals surface area contributed by atoms with Gasteiger partial charge in [-0.1, -0.05) is 33.8 Å². The average molecular weight is 323 g/mol. The van der Waals surface area contributed by atoms with E-state index in [9.17, 15) is 0 Å². The summed E-state index contributed by atoms with van der Waals surface area (Å²) < 4.78 is 2.31. The highest BCUT2D eigenvalue weighted by Gasteiger charge is 2.25. The Morgan fingerprint density at radius 1 is 1.04 bits per heavy atom. The predicted molar refractivity (Wildman–Crippen MR) is 102 cm³/mol. The fraction of sp³-hybridized carbons (Fsp3) is 0.522. The minimum atomic E-state index is 0.682. The van der Waals surface area contributed by atoms with Crippen LogP contribution in [0.3, 0.4) is 0 Å². The monoisotopic (exact) mass is 322 g/mol. The van der Waals surface area contributed by atoms with E-state index in [0.717, 1.165) is 6.42 Å². The number of hydrogen-bond acceptors (Lipinski definition) is 0. The van der Waals surface area contributed by atoms with Gasteiger partial charge in [0.05, 0.1) is 0 Å². The number of aromatic nitrogens is 1. The first-order valence-electron chi connectivity index (χ1n) is 9.50. The maximum Gasteiger partial charge on any atom is 0.212 e. The number of hydrogen-bond donors (Lipinski definition) is 0. The first-order valence-corrected chi connectivity index (χ1v) is 9.50. The van der Waals surface area contributed by atoms with Gasteiger partial charge in [-0.05, 0) is 72.8 Å². The van der Waals surface area contributed by atoms with Crippen molar-refractivity contribution in [3.63, 3.8) is 0 Å². The van der Waals surface area contributed by atoms with Gasteiger partial charge in [-0.3, -0.25) is 0 Å². The Bertz CT molecular complexity index is 742. The van der Waals surface area contributed by atoms with Gasteiger partial charge in [0.15, 0.2) is 6.20 Å². The lowest BCUT2D eigenvalue weighted by Gasteiger charge is -2.28. The summed E-state index contributed by atoms with van der Waals surface area (Å²) in [6.45, 7) is 11.6. The normalized spacial score (nSPS) is 20.3. The van der Waals surface area contributed by atoms with Crippen molar-refractivity contribution in [2.45, 2.75) is 65.7 Å². The van der Waals surface area contributed by atoms with E-state index < -0.39 is 0 Å². The molecule has 1 aromatic heterocycles. The molecular weight excluding hydrogens is 290 g/mol. The molecule has 0 radical (unpaired) electrons. The molecule has 0 aliphatic heterocycles. The third kappa shape index (κ3) is 3.27. The van der Waals surface area contributed by atoms with Gasteiger partial charge in [0.2, 0.25) is 5.69 Å². The highest BCUT2D eigenvalue weighted by Crippen LogP contribution is 2.41. The second kappa shape index (κ2) is 6.70. The van der Waals surface area contributed by atoms with Crippen LogP contribution in [0.5, 0.6) is 0 Å². The minimum Gasteiger partial charge on any atom is -0.201 e. The molecule has 128 valence electrons. The van der Waals surface area contributed by atoms with E-state index in [-0.39, 0.29) is 0 Å². The van der Waals surface area contributed by atoms with E-state index >= 15 is 0 Å². The van der Waals surface area contributed by atoms with Gasteiger partial charge in [0.1, 0.15) is 7.05 Å². The van der Waals surface area contributed by atoms with Gasteiger partial charge in [-0.15, -0.1) is 0 Å². The molecule has 0 spiro atoms. The average Bonchev–Trinajstić information content (AvgIpc) is 2.51. The zero-order chi connectivity index (χ0) is 17.4. The van der Waals surface area contributed by atoms with Gasteiger partial charge in [-0.2, -0.15) is 0 Å². The molecule has 0 saturated carbocycles. The number of benzene rings is 1. The Morgan fingerprint density at radius 3 is 2.25 bits per heavy atom. The quantitative estimate of drug-likeness (QED) is 0.640. The van der Waals surface area contributed by atoms with Crippen molar-refractivity contribution in [1.82, 2.24) is 0 Å². The first-order chi connectivity index (χ1) is 11.4. The van der Waals surface area contributed by atoms with Crippen LogP contribution in [-0.2, 0) is 13.5 Å². The summed E-state index contributed by atoms with van der Waals surface area (Å²) in [4.78, 5) is 0. The predicted octanol–water partition coefficient (Wildman–Crippen LogP) is 5.69. The number of aryl methyl sites for hydroxylation is 2. The topological polar surface area (TPSA) is 3.88 Å². The Morgan fingerprint density at radius 2 is 1.67 bits per heavy atom. The summed E-state index contributed by atoms with van der Waals surface area (Å²) in [7, 11) is 2.18. The lowest BCUT2D eigenvalue weighted by Crippen LogP contribution is -2.31. The molecule has 2 aromatic rings. The standard InChI is InChI=1S/C23H32N/c1-15(2)11-19-9-10-23(24(6)14-19)22-13-21-17(4)8-7-16(3)20(21)12-18(22)5/h9-10,12-17H,7-8,11H2,1-6H3/q+1. The van der Waals surface area contributed by atoms with Crippen LogP contribution in [-0.4, -0.2) is 0 Å². The van der Waals surface area contributed by atoms with Crippen molar-refractivity contribution < 1.29 is 4.57 Å². The number of fused-ring (bicyclic) bond motifs is 1. The van der Waals surface area contributed by atoms with E-state index in [0.29, 0.717) is 17.8 Å². The number of nitrogens with zero attached hydrogens (tertiary/aromatic N) is 1. The summed E-state index contributed by atoms with van der Waals surface area (Å²) >= 11 is 0. The van der Waals surface area contributed by atoms with Gasteiger partial charge < -0.3 is 0 Å². The van der Waals surface area contributed by atoms with Crippen LogP contribution < -0.4 is 4.57 Å². The van der Waals surface area contributed by atoms with E-state index in [1.54, 1.807) is 11.1 Å². The Kier molecular flexibility index (Phi) is 4.80. The van der Waals surface area contributed by atoms with E-state index in [2.05, 4.69) is 76.7 Å².